The summed E-state index contributed by atoms with van der Waals surface area (Å²) < 4.78 is 8.10. The van der Waals surface area contributed by atoms with Gasteiger partial charge in [-0.25, -0.2) is 4.98 Å². The lowest BCUT2D eigenvalue weighted by molar-refractivity contribution is 0.485. The summed E-state index contributed by atoms with van der Waals surface area (Å²) in [7, 11) is 1.77. The van der Waals surface area contributed by atoms with Crippen LogP contribution in [0.5, 0.6) is 0 Å². The van der Waals surface area contributed by atoms with Gasteiger partial charge in [0.2, 0.25) is 0 Å². The largest absolute Gasteiger partial charge is 0.459 e. The molecule has 0 aliphatic heterocycles. The number of furan rings is 1. The molecule has 0 fully saturated rings. The van der Waals surface area contributed by atoms with E-state index >= 15 is 0 Å². The van der Waals surface area contributed by atoms with Crippen LogP contribution in [0.1, 0.15) is 38.4 Å². The van der Waals surface area contributed by atoms with Crippen molar-refractivity contribution in [3.8, 4) is 0 Å². The van der Waals surface area contributed by atoms with E-state index in [9.17, 15) is 0 Å². The number of para-hydroxylation sites is 1. The highest BCUT2D eigenvalue weighted by Crippen LogP contribution is 2.23. The summed E-state index contributed by atoms with van der Waals surface area (Å²) in [4.78, 5) is 8.75. The van der Waals surface area contributed by atoms with Gasteiger partial charge in [0.15, 0.2) is 5.96 Å². The van der Waals surface area contributed by atoms with E-state index in [1.54, 1.807) is 7.05 Å². The molecule has 0 bridgehead atoms. The van der Waals surface area contributed by atoms with Gasteiger partial charge in [-0.15, -0.1) is 0 Å². The monoisotopic (exact) mass is 353 g/mol. The summed E-state index contributed by atoms with van der Waals surface area (Å²) in [5.74, 6) is 3.18. The molecule has 6 nitrogen and oxygen atoms in total. The first-order valence-corrected chi connectivity index (χ1v) is 9.02. The lowest BCUT2D eigenvalue weighted by Crippen LogP contribution is -2.38. The van der Waals surface area contributed by atoms with Crippen LogP contribution in [0.25, 0.3) is 11.0 Å². The maximum atomic E-state index is 5.93. The highest BCUT2D eigenvalue weighted by molar-refractivity contribution is 5.81. The van der Waals surface area contributed by atoms with Crippen molar-refractivity contribution in [3.63, 3.8) is 0 Å². The summed E-state index contributed by atoms with van der Waals surface area (Å²) in [5.41, 5.74) is 0.898. The van der Waals surface area contributed by atoms with E-state index in [0.29, 0.717) is 12.5 Å². The molecule has 138 valence electrons. The molecule has 1 unspecified atom stereocenters. The van der Waals surface area contributed by atoms with Crippen LogP contribution in [0.4, 0.5) is 0 Å². The van der Waals surface area contributed by atoms with Crippen LogP contribution in [-0.2, 0) is 13.1 Å². The Bertz CT molecular complexity index is 844. The Kier molecular flexibility index (Phi) is 5.61. The number of hydrogen-bond donors (Lipinski definition) is 2. The number of rotatable bonds is 6. The van der Waals surface area contributed by atoms with E-state index in [4.69, 9.17) is 4.42 Å². The smallest absolute Gasteiger partial charge is 0.191 e. The van der Waals surface area contributed by atoms with Crippen LogP contribution >= 0.6 is 0 Å². The van der Waals surface area contributed by atoms with Crippen LogP contribution in [0.2, 0.25) is 0 Å². The van der Waals surface area contributed by atoms with E-state index in [1.807, 2.05) is 30.6 Å². The number of benzene rings is 1. The first-order chi connectivity index (χ1) is 12.6. The Labute approximate surface area is 154 Å². The van der Waals surface area contributed by atoms with Crippen LogP contribution in [0.15, 0.2) is 52.1 Å². The third kappa shape index (κ3) is 4.25. The third-order valence-electron chi connectivity index (χ3n) is 4.23. The standard InChI is InChI=1S/C20H27N5O/c1-14(2)13-25-10-9-22-19(25)12-23-20(21-4)24-15(3)18-11-16-7-5-6-8-17(16)26-18/h5-11,14-15H,12-13H2,1-4H3,(H2,21,23,24). The van der Waals surface area contributed by atoms with Gasteiger partial charge < -0.3 is 19.6 Å². The average Bonchev–Trinajstić information content (AvgIpc) is 3.24. The number of aromatic nitrogens is 2. The maximum absolute atomic E-state index is 5.93. The first-order valence-electron chi connectivity index (χ1n) is 9.02. The van der Waals surface area contributed by atoms with Crippen molar-refractivity contribution < 1.29 is 4.42 Å². The average molecular weight is 353 g/mol. The fourth-order valence-corrected chi connectivity index (χ4v) is 2.92. The van der Waals surface area contributed by atoms with Gasteiger partial charge in [-0.3, -0.25) is 4.99 Å². The number of imidazole rings is 1. The number of nitrogens with one attached hydrogen (secondary N) is 2. The molecule has 1 atom stereocenters. The molecule has 26 heavy (non-hydrogen) atoms. The third-order valence-corrected chi connectivity index (χ3v) is 4.23. The molecule has 2 heterocycles. The maximum Gasteiger partial charge on any atom is 0.191 e. The summed E-state index contributed by atoms with van der Waals surface area (Å²) >= 11 is 0. The Morgan fingerprint density at radius 3 is 2.81 bits per heavy atom. The number of hydrogen-bond acceptors (Lipinski definition) is 3. The second-order valence-electron chi connectivity index (χ2n) is 6.87. The van der Waals surface area contributed by atoms with Crippen LogP contribution in [0, 0.1) is 5.92 Å². The predicted molar refractivity (Wildman–Crippen MR) is 105 cm³/mol. The number of aliphatic imine (C=N–C) groups is 1. The lowest BCUT2D eigenvalue weighted by atomic mass is 10.2. The zero-order chi connectivity index (χ0) is 18.5. The van der Waals surface area contributed by atoms with Crippen LogP contribution in [0.3, 0.4) is 0 Å². The van der Waals surface area contributed by atoms with E-state index < -0.39 is 0 Å². The SMILES string of the molecule is CN=C(NCc1nccn1CC(C)C)NC(C)c1cc2ccccc2o1. The highest BCUT2D eigenvalue weighted by Gasteiger charge is 2.13. The van der Waals surface area contributed by atoms with Crippen LogP contribution in [-0.4, -0.2) is 22.6 Å². The van der Waals surface area contributed by atoms with E-state index in [-0.39, 0.29) is 6.04 Å². The minimum Gasteiger partial charge on any atom is -0.459 e. The van der Waals surface area contributed by atoms with Crippen LogP contribution < -0.4 is 10.6 Å². The molecule has 0 aliphatic carbocycles. The summed E-state index contributed by atoms with van der Waals surface area (Å²) in [6, 6.07) is 10.1. The molecule has 0 amide bonds. The van der Waals surface area contributed by atoms with Crippen molar-refractivity contribution in [3.05, 3.63) is 54.3 Å². The molecule has 0 saturated carbocycles. The van der Waals surface area contributed by atoms with Gasteiger partial charge in [-0.1, -0.05) is 32.0 Å². The Morgan fingerprint density at radius 2 is 2.08 bits per heavy atom. The van der Waals surface area contributed by atoms with E-state index in [2.05, 4.69) is 58.1 Å². The number of fused-ring (bicyclic) bond motifs is 1. The predicted octanol–water partition coefficient (Wildman–Crippen LogP) is 3.71. The molecule has 2 N–H and O–H groups in total. The molecule has 6 heteroatoms. The van der Waals surface area contributed by atoms with Gasteiger partial charge in [0, 0.05) is 31.4 Å². The van der Waals surface area contributed by atoms with Gasteiger partial charge in [0.25, 0.3) is 0 Å². The minimum atomic E-state index is 0.00371. The number of guanidine groups is 1. The summed E-state index contributed by atoms with van der Waals surface area (Å²) in [5, 5.41) is 7.81. The Hall–Kier alpha value is -2.76. The zero-order valence-corrected chi connectivity index (χ0v) is 15.9. The molecule has 3 aromatic rings. The van der Waals surface area contributed by atoms with Gasteiger partial charge >= 0.3 is 0 Å². The molecular weight excluding hydrogens is 326 g/mol. The Balaban J connectivity index is 1.62. The van der Waals surface area contributed by atoms with Gasteiger partial charge in [0.1, 0.15) is 17.2 Å². The second-order valence-corrected chi connectivity index (χ2v) is 6.87. The fraction of sp³-hybridized carbons (Fsp3) is 0.400. The molecule has 2 aromatic heterocycles. The van der Waals surface area contributed by atoms with E-state index in [0.717, 1.165) is 35.1 Å². The van der Waals surface area contributed by atoms with Gasteiger partial charge in [0.05, 0.1) is 12.6 Å². The van der Waals surface area contributed by atoms with Gasteiger partial charge in [-0.05, 0) is 25.0 Å². The van der Waals surface area contributed by atoms with E-state index in [1.165, 1.54) is 0 Å². The molecule has 1 aromatic carbocycles. The Morgan fingerprint density at radius 1 is 1.27 bits per heavy atom. The van der Waals surface area contributed by atoms with Crippen molar-refractivity contribution in [1.82, 2.24) is 20.2 Å². The molecule has 0 aliphatic rings. The second kappa shape index (κ2) is 8.08. The van der Waals surface area contributed by atoms with Crippen molar-refractivity contribution >= 4 is 16.9 Å². The summed E-state index contributed by atoms with van der Waals surface area (Å²) in [6.07, 6.45) is 3.86. The fourth-order valence-electron chi connectivity index (χ4n) is 2.92. The molecule has 3 rings (SSSR count). The lowest BCUT2D eigenvalue weighted by Gasteiger charge is -2.17. The first kappa shape index (κ1) is 18.0. The molecule has 0 spiro atoms. The van der Waals surface area contributed by atoms with Gasteiger partial charge in [-0.2, -0.15) is 0 Å². The summed E-state index contributed by atoms with van der Waals surface area (Å²) in [6.45, 7) is 8.04. The quantitative estimate of drug-likeness (QED) is 0.524. The highest BCUT2D eigenvalue weighted by atomic mass is 16.3. The molecule has 0 saturated heterocycles. The minimum absolute atomic E-state index is 0.00371. The topological polar surface area (TPSA) is 67.4 Å². The molecular formula is C20H27N5O. The zero-order valence-electron chi connectivity index (χ0n) is 15.9. The normalized spacial score (nSPS) is 13.3. The van der Waals surface area contributed by atoms with Crippen molar-refractivity contribution in [2.75, 3.05) is 7.05 Å². The molecule has 0 radical (unpaired) electrons. The van der Waals surface area contributed by atoms with Crippen molar-refractivity contribution in [1.29, 1.82) is 0 Å². The van der Waals surface area contributed by atoms with Crippen molar-refractivity contribution in [2.45, 2.75) is 39.9 Å². The number of nitrogens with zero attached hydrogens (tertiary/aromatic N) is 3. The van der Waals surface area contributed by atoms with Crippen molar-refractivity contribution in [2.24, 2.45) is 10.9 Å².